The van der Waals surface area contributed by atoms with Crippen molar-refractivity contribution < 1.29 is 4.79 Å². The summed E-state index contributed by atoms with van der Waals surface area (Å²) in [4.78, 5) is 12.2. The van der Waals surface area contributed by atoms with Crippen LogP contribution in [0.4, 0.5) is 0 Å². The van der Waals surface area contributed by atoms with Crippen LogP contribution in [0.3, 0.4) is 0 Å². The highest BCUT2D eigenvalue weighted by Gasteiger charge is 2.08. The van der Waals surface area contributed by atoms with Crippen molar-refractivity contribution in [1.29, 1.82) is 5.26 Å². The van der Waals surface area contributed by atoms with Crippen molar-refractivity contribution in [1.82, 2.24) is 5.32 Å². The van der Waals surface area contributed by atoms with Crippen LogP contribution in [0.15, 0.2) is 23.1 Å². The molecule has 0 aliphatic carbocycles. The maximum Gasteiger partial charge on any atom is 0.230 e. The van der Waals surface area contributed by atoms with Crippen LogP contribution < -0.4 is 5.32 Å². The first-order valence-electron chi connectivity index (χ1n) is 5.27. The van der Waals surface area contributed by atoms with Gasteiger partial charge in [0.15, 0.2) is 0 Å². The van der Waals surface area contributed by atoms with Gasteiger partial charge in [-0.3, -0.25) is 4.79 Å². The Morgan fingerprint density at radius 2 is 2.35 bits per heavy atom. The number of carbonyl (C=O) groups excluding carboxylic acids is 1. The van der Waals surface area contributed by atoms with Gasteiger partial charge in [-0.1, -0.05) is 24.6 Å². The van der Waals surface area contributed by atoms with E-state index in [0.717, 1.165) is 11.3 Å². The molecule has 0 saturated heterocycles. The smallest absolute Gasteiger partial charge is 0.230 e. The van der Waals surface area contributed by atoms with E-state index < -0.39 is 0 Å². The number of hydrogen-bond donors (Lipinski definition) is 1. The first-order chi connectivity index (χ1) is 8.19. The van der Waals surface area contributed by atoms with Crippen molar-refractivity contribution in [3.8, 4) is 6.07 Å². The summed E-state index contributed by atoms with van der Waals surface area (Å²) in [5, 5.41) is 12.2. The molecule has 0 heterocycles. The summed E-state index contributed by atoms with van der Waals surface area (Å²) in [7, 11) is 0. The van der Waals surface area contributed by atoms with Gasteiger partial charge in [-0.15, -0.1) is 11.8 Å². The molecule has 1 N–H and O–H groups in total. The molecule has 1 amide bonds. The number of rotatable bonds is 5. The summed E-state index contributed by atoms with van der Waals surface area (Å²) in [6.45, 7) is 2.68. The van der Waals surface area contributed by atoms with Crippen LogP contribution in [0.1, 0.15) is 18.9 Å². The number of nitriles is 1. The van der Waals surface area contributed by atoms with Crippen LogP contribution in [0.5, 0.6) is 0 Å². The van der Waals surface area contributed by atoms with Crippen molar-refractivity contribution in [3.63, 3.8) is 0 Å². The molecule has 0 fully saturated rings. The van der Waals surface area contributed by atoms with Gasteiger partial charge in [-0.25, -0.2) is 0 Å². The molecule has 0 aliphatic rings. The Labute approximate surface area is 110 Å². The molecule has 0 radical (unpaired) electrons. The van der Waals surface area contributed by atoms with Gasteiger partial charge in [-0.2, -0.15) is 5.26 Å². The number of thioether (sulfide) groups is 1. The number of amides is 1. The van der Waals surface area contributed by atoms with Gasteiger partial charge in [0.2, 0.25) is 5.91 Å². The SMILES string of the molecule is CCCNC(=O)CSc1cccc(Cl)c1C#N. The second-order valence-corrected chi connectivity index (χ2v) is 4.79. The van der Waals surface area contributed by atoms with Gasteiger partial charge in [0.1, 0.15) is 6.07 Å². The van der Waals surface area contributed by atoms with Gasteiger partial charge >= 0.3 is 0 Å². The lowest BCUT2D eigenvalue weighted by molar-refractivity contribution is -0.118. The zero-order valence-electron chi connectivity index (χ0n) is 9.50. The number of nitrogens with zero attached hydrogens (tertiary/aromatic N) is 1. The van der Waals surface area contributed by atoms with Crippen LogP contribution in [-0.2, 0) is 4.79 Å². The highest BCUT2D eigenvalue weighted by Crippen LogP contribution is 2.27. The summed E-state index contributed by atoms with van der Waals surface area (Å²) in [6.07, 6.45) is 0.914. The van der Waals surface area contributed by atoms with Gasteiger partial charge in [0.25, 0.3) is 0 Å². The van der Waals surface area contributed by atoms with Crippen LogP contribution >= 0.6 is 23.4 Å². The largest absolute Gasteiger partial charge is 0.355 e. The number of hydrogen-bond acceptors (Lipinski definition) is 3. The van der Waals surface area contributed by atoms with Crippen molar-refractivity contribution in [2.24, 2.45) is 0 Å². The topological polar surface area (TPSA) is 52.9 Å². The highest BCUT2D eigenvalue weighted by atomic mass is 35.5. The van der Waals surface area contributed by atoms with Gasteiger partial charge in [-0.05, 0) is 18.6 Å². The molecule has 0 bridgehead atoms. The zero-order chi connectivity index (χ0) is 12.7. The number of carbonyl (C=O) groups is 1. The standard InChI is InChI=1S/C12H13ClN2OS/c1-2-6-15-12(16)8-17-11-5-3-4-10(13)9(11)7-14/h3-5H,2,6,8H2,1H3,(H,15,16). The van der Waals surface area contributed by atoms with Gasteiger partial charge < -0.3 is 5.32 Å². The van der Waals surface area contributed by atoms with Crippen LogP contribution in [-0.4, -0.2) is 18.2 Å². The molecule has 0 unspecified atom stereocenters. The number of halogens is 1. The average molecular weight is 269 g/mol. The maximum absolute atomic E-state index is 11.4. The van der Waals surface area contributed by atoms with Gasteiger partial charge in [0, 0.05) is 11.4 Å². The van der Waals surface area contributed by atoms with Gasteiger partial charge in [0.05, 0.1) is 16.3 Å². The Hall–Kier alpha value is -1.18. The maximum atomic E-state index is 11.4. The lowest BCUT2D eigenvalue weighted by Gasteiger charge is -2.05. The fourth-order valence-corrected chi connectivity index (χ4v) is 2.33. The molecule has 0 aliphatic heterocycles. The molecule has 1 aromatic rings. The summed E-state index contributed by atoms with van der Waals surface area (Å²) < 4.78 is 0. The molecular formula is C12H13ClN2OS. The Kier molecular flexibility index (Phi) is 5.88. The average Bonchev–Trinajstić information content (AvgIpc) is 2.33. The summed E-state index contributed by atoms with van der Waals surface area (Å²) in [5.41, 5.74) is 0.433. The highest BCUT2D eigenvalue weighted by molar-refractivity contribution is 8.00. The minimum absolute atomic E-state index is 0.0271. The first-order valence-corrected chi connectivity index (χ1v) is 6.63. The van der Waals surface area contributed by atoms with E-state index in [9.17, 15) is 4.79 Å². The minimum atomic E-state index is -0.0271. The number of benzene rings is 1. The lowest BCUT2D eigenvalue weighted by atomic mass is 10.2. The third kappa shape index (κ3) is 4.29. The van der Waals surface area contributed by atoms with E-state index in [2.05, 4.69) is 5.32 Å². The fourth-order valence-electron chi connectivity index (χ4n) is 1.19. The van der Waals surface area contributed by atoms with E-state index in [1.165, 1.54) is 11.8 Å². The van der Waals surface area contributed by atoms with E-state index in [4.69, 9.17) is 16.9 Å². The van der Waals surface area contributed by atoms with E-state index in [1.54, 1.807) is 18.2 Å². The van der Waals surface area contributed by atoms with Crippen LogP contribution in [0.2, 0.25) is 5.02 Å². The summed E-state index contributed by atoms with van der Waals surface area (Å²) >= 11 is 7.22. The predicted octanol–water partition coefficient (Wildman–Crippen LogP) is 2.83. The Bertz CT molecular complexity index is 443. The molecule has 1 aromatic carbocycles. The van der Waals surface area contributed by atoms with Crippen LogP contribution in [0.25, 0.3) is 0 Å². The molecule has 3 nitrogen and oxygen atoms in total. The van der Waals surface area contributed by atoms with Crippen LogP contribution in [0, 0.1) is 11.3 Å². The van der Waals surface area contributed by atoms with E-state index in [-0.39, 0.29) is 5.91 Å². The minimum Gasteiger partial charge on any atom is -0.355 e. The van der Waals surface area contributed by atoms with Crippen molar-refractivity contribution >= 4 is 29.3 Å². The monoisotopic (exact) mass is 268 g/mol. The molecule has 0 atom stereocenters. The van der Waals surface area contributed by atoms with E-state index >= 15 is 0 Å². The Balaban J connectivity index is 2.61. The number of nitrogens with one attached hydrogen (secondary N) is 1. The Morgan fingerprint density at radius 3 is 3.00 bits per heavy atom. The van der Waals surface area contributed by atoms with Crippen molar-refractivity contribution in [2.75, 3.05) is 12.3 Å². The molecular weight excluding hydrogens is 256 g/mol. The normalized spacial score (nSPS) is 9.71. The second kappa shape index (κ2) is 7.21. The second-order valence-electron chi connectivity index (χ2n) is 3.36. The molecule has 90 valence electrons. The van der Waals surface area contributed by atoms with E-state index in [0.29, 0.717) is 22.9 Å². The van der Waals surface area contributed by atoms with Crippen molar-refractivity contribution in [2.45, 2.75) is 18.2 Å². The third-order valence-electron chi connectivity index (χ3n) is 2.02. The third-order valence-corrected chi connectivity index (χ3v) is 3.39. The first kappa shape index (κ1) is 13.9. The molecule has 0 spiro atoms. The van der Waals surface area contributed by atoms with E-state index in [1.807, 2.05) is 13.0 Å². The molecule has 0 aromatic heterocycles. The zero-order valence-corrected chi connectivity index (χ0v) is 11.1. The molecule has 0 saturated carbocycles. The lowest BCUT2D eigenvalue weighted by Crippen LogP contribution is -2.25. The Morgan fingerprint density at radius 1 is 1.59 bits per heavy atom. The summed E-state index contributed by atoms with van der Waals surface area (Å²) in [6, 6.07) is 7.28. The fraction of sp³-hybridized carbons (Fsp3) is 0.333. The predicted molar refractivity (Wildman–Crippen MR) is 70.2 cm³/mol. The summed E-state index contributed by atoms with van der Waals surface area (Å²) in [5.74, 6) is 0.274. The molecule has 17 heavy (non-hydrogen) atoms. The molecule has 5 heteroatoms. The van der Waals surface area contributed by atoms with Crippen molar-refractivity contribution in [3.05, 3.63) is 28.8 Å². The molecule has 1 rings (SSSR count). The quantitative estimate of drug-likeness (QED) is 0.836.